The molecule has 5 heteroatoms. The third-order valence-electron chi connectivity index (χ3n) is 2.74. The lowest BCUT2D eigenvalue weighted by atomic mass is 9.85. The summed E-state index contributed by atoms with van der Waals surface area (Å²) < 4.78 is 13.6. The van der Waals surface area contributed by atoms with Gasteiger partial charge in [-0.05, 0) is 54.0 Å². The lowest BCUT2D eigenvalue weighted by molar-refractivity contribution is 0.628. The highest BCUT2D eigenvalue weighted by Crippen LogP contribution is 2.36. The Morgan fingerprint density at radius 3 is 2.50 bits per heavy atom. The van der Waals surface area contributed by atoms with Gasteiger partial charge in [-0.3, -0.25) is 5.10 Å². The monoisotopic (exact) mass is 307 g/mol. The number of rotatable bonds is 2. The summed E-state index contributed by atoms with van der Waals surface area (Å²) in [5.41, 5.74) is 1.52. The average molecular weight is 308 g/mol. The first-order valence-electron chi connectivity index (χ1n) is 5.37. The normalized spacial score (nSPS) is 11.3. The third kappa shape index (κ3) is 2.16. The molecule has 0 amide bonds. The highest BCUT2D eigenvalue weighted by molar-refractivity contribution is 9.10. The van der Waals surface area contributed by atoms with Crippen molar-refractivity contribution in [2.75, 3.05) is 0 Å². The predicted octanol–water partition coefficient (Wildman–Crippen LogP) is 3.78. The lowest BCUT2D eigenvalue weighted by Gasteiger charge is -2.16. The standard InChI is InChI=1S/C13H11BrFN3/c1-13(2,7-16)10-11(17-18-12(10)14)8-3-5-9(15)6-4-8/h3-6H,1-2H3,(H,17,18). The first-order chi connectivity index (χ1) is 8.45. The molecule has 3 nitrogen and oxygen atoms in total. The van der Waals surface area contributed by atoms with Crippen molar-refractivity contribution in [1.82, 2.24) is 10.2 Å². The van der Waals surface area contributed by atoms with E-state index in [2.05, 4.69) is 32.2 Å². The zero-order valence-corrected chi connectivity index (χ0v) is 11.5. The number of aromatic amines is 1. The van der Waals surface area contributed by atoms with Crippen LogP contribution in [0.3, 0.4) is 0 Å². The van der Waals surface area contributed by atoms with Crippen LogP contribution >= 0.6 is 15.9 Å². The summed E-state index contributed by atoms with van der Waals surface area (Å²) in [6.07, 6.45) is 0. The molecule has 0 saturated heterocycles. The van der Waals surface area contributed by atoms with Gasteiger partial charge in [0, 0.05) is 11.1 Å². The maximum atomic E-state index is 12.9. The largest absolute Gasteiger partial charge is 0.270 e. The Hall–Kier alpha value is -1.67. The van der Waals surface area contributed by atoms with Gasteiger partial charge < -0.3 is 0 Å². The van der Waals surface area contributed by atoms with Crippen molar-refractivity contribution >= 4 is 15.9 Å². The van der Waals surface area contributed by atoms with E-state index in [1.54, 1.807) is 12.1 Å². The summed E-state index contributed by atoms with van der Waals surface area (Å²) in [4.78, 5) is 0. The first-order valence-corrected chi connectivity index (χ1v) is 6.16. The van der Waals surface area contributed by atoms with Crippen LogP contribution in [0, 0.1) is 17.1 Å². The molecule has 2 aromatic rings. The number of H-pyrrole nitrogens is 1. The van der Waals surface area contributed by atoms with Gasteiger partial charge in [0.2, 0.25) is 0 Å². The fourth-order valence-electron chi connectivity index (χ4n) is 1.76. The van der Waals surface area contributed by atoms with Gasteiger partial charge in [-0.15, -0.1) is 0 Å². The minimum absolute atomic E-state index is 0.297. The summed E-state index contributed by atoms with van der Waals surface area (Å²) in [7, 11) is 0. The Balaban J connectivity index is 2.61. The SMILES string of the molecule is CC(C)(C#N)c1c(-c2ccc(F)cc2)n[nH]c1Br. The van der Waals surface area contributed by atoms with Crippen molar-refractivity contribution in [2.45, 2.75) is 19.3 Å². The molecule has 0 atom stereocenters. The Morgan fingerprint density at radius 2 is 1.94 bits per heavy atom. The number of nitrogens with zero attached hydrogens (tertiary/aromatic N) is 2. The van der Waals surface area contributed by atoms with Crippen LogP contribution in [0.1, 0.15) is 19.4 Å². The Labute approximate surface area is 113 Å². The van der Waals surface area contributed by atoms with E-state index in [-0.39, 0.29) is 5.82 Å². The summed E-state index contributed by atoms with van der Waals surface area (Å²) >= 11 is 3.36. The van der Waals surface area contributed by atoms with Crippen molar-refractivity contribution in [1.29, 1.82) is 5.26 Å². The Kier molecular flexibility index (Phi) is 3.22. The molecule has 0 aliphatic heterocycles. The van der Waals surface area contributed by atoms with Crippen LogP contribution in [0.5, 0.6) is 0 Å². The molecule has 0 spiro atoms. The second kappa shape index (κ2) is 4.54. The van der Waals surface area contributed by atoms with Gasteiger partial charge >= 0.3 is 0 Å². The molecule has 1 N–H and O–H groups in total. The van der Waals surface area contributed by atoms with Gasteiger partial charge in [0.25, 0.3) is 0 Å². The number of hydrogen-bond acceptors (Lipinski definition) is 2. The molecule has 92 valence electrons. The number of nitrogens with one attached hydrogen (secondary N) is 1. The highest BCUT2D eigenvalue weighted by atomic mass is 79.9. The second-order valence-electron chi connectivity index (χ2n) is 4.50. The average Bonchev–Trinajstić information content (AvgIpc) is 2.73. The highest BCUT2D eigenvalue weighted by Gasteiger charge is 2.29. The van der Waals surface area contributed by atoms with E-state index in [0.717, 1.165) is 11.1 Å². The Morgan fingerprint density at radius 1 is 1.33 bits per heavy atom. The summed E-state index contributed by atoms with van der Waals surface area (Å²) in [6, 6.07) is 8.29. The van der Waals surface area contributed by atoms with E-state index in [4.69, 9.17) is 0 Å². The lowest BCUT2D eigenvalue weighted by Crippen LogP contribution is -2.15. The Bertz CT molecular complexity index is 608. The van der Waals surface area contributed by atoms with E-state index in [9.17, 15) is 9.65 Å². The van der Waals surface area contributed by atoms with Crippen LogP contribution in [-0.4, -0.2) is 10.2 Å². The van der Waals surface area contributed by atoms with E-state index in [0.29, 0.717) is 10.3 Å². The van der Waals surface area contributed by atoms with Gasteiger partial charge in [-0.2, -0.15) is 10.4 Å². The van der Waals surface area contributed by atoms with Crippen molar-refractivity contribution in [3.8, 4) is 17.3 Å². The van der Waals surface area contributed by atoms with Gasteiger partial charge in [0.15, 0.2) is 0 Å². The minimum atomic E-state index is -0.685. The van der Waals surface area contributed by atoms with Crippen LogP contribution in [0.4, 0.5) is 4.39 Å². The zero-order valence-electron chi connectivity index (χ0n) is 9.96. The molecule has 0 saturated carbocycles. The number of nitriles is 1. The molecule has 0 bridgehead atoms. The molecule has 2 rings (SSSR count). The van der Waals surface area contributed by atoms with E-state index in [1.165, 1.54) is 12.1 Å². The third-order valence-corrected chi connectivity index (χ3v) is 3.32. The fourth-order valence-corrected chi connectivity index (χ4v) is 2.54. The van der Waals surface area contributed by atoms with Crippen LogP contribution in [0.2, 0.25) is 0 Å². The summed E-state index contributed by atoms with van der Waals surface area (Å²) in [5.74, 6) is -0.297. The van der Waals surface area contributed by atoms with Crippen molar-refractivity contribution in [2.24, 2.45) is 0 Å². The van der Waals surface area contributed by atoms with E-state index >= 15 is 0 Å². The van der Waals surface area contributed by atoms with Crippen LogP contribution in [-0.2, 0) is 5.41 Å². The van der Waals surface area contributed by atoms with Crippen LogP contribution in [0.15, 0.2) is 28.9 Å². The van der Waals surface area contributed by atoms with Crippen molar-refractivity contribution in [3.05, 3.63) is 40.2 Å². The molecule has 18 heavy (non-hydrogen) atoms. The molecular formula is C13H11BrFN3. The van der Waals surface area contributed by atoms with Gasteiger partial charge in [0.1, 0.15) is 10.4 Å². The number of benzene rings is 1. The number of hydrogen-bond donors (Lipinski definition) is 1. The quantitative estimate of drug-likeness (QED) is 0.918. The van der Waals surface area contributed by atoms with Crippen molar-refractivity contribution < 1.29 is 4.39 Å². The van der Waals surface area contributed by atoms with Gasteiger partial charge in [-0.25, -0.2) is 4.39 Å². The molecule has 0 fully saturated rings. The zero-order chi connectivity index (χ0) is 13.3. The smallest absolute Gasteiger partial charge is 0.123 e. The minimum Gasteiger partial charge on any atom is -0.270 e. The van der Waals surface area contributed by atoms with Crippen LogP contribution in [0.25, 0.3) is 11.3 Å². The molecule has 0 unspecified atom stereocenters. The molecule has 0 radical (unpaired) electrons. The van der Waals surface area contributed by atoms with Crippen LogP contribution < -0.4 is 0 Å². The van der Waals surface area contributed by atoms with Crippen molar-refractivity contribution in [3.63, 3.8) is 0 Å². The molecule has 1 heterocycles. The summed E-state index contributed by atoms with van der Waals surface area (Å²) in [6.45, 7) is 3.63. The number of halogens is 2. The molecule has 1 aromatic carbocycles. The maximum absolute atomic E-state index is 12.9. The van der Waals surface area contributed by atoms with E-state index in [1.807, 2.05) is 13.8 Å². The van der Waals surface area contributed by atoms with Gasteiger partial charge in [-0.1, -0.05) is 0 Å². The van der Waals surface area contributed by atoms with E-state index < -0.39 is 5.41 Å². The predicted molar refractivity (Wildman–Crippen MR) is 70.3 cm³/mol. The topological polar surface area (TPSA) is 52.5 Å². The van der Waals surface area contributed by atoms with Gasteiger partial charge in [0.05, 0.1) is 17.2 Å². The second-order valence-corrected chi connectivity index (χ2v) is 5.30. The molecule has 1 aromatic heterocycles. The first kappa shape index (κ1) is 12.8. The maximum Gasteiger partial charge on any atom is 0.123 e. The molecule has 0 aliphatic carbocycles. The fraction of sp³-hybridized carbons (Fsp3) is 0.231. The summed E-state index contributed by atoms with van der Waals surface area (Å²) in [5, 5.41) is 16.2. The number of aromatic nitrogens is 2. The molecule has 0 aliphatic rings. The molecular weight excluding hydrogens is 297 g/mol.